The lowest BCUT2D eigenvalue weighted by Gasteiger charge is -2.08. The maximum Gasteiger partial charge on any atom is 0.328 e. The van der Waals surface area contributed by atoms with E-state index in [1.54, 1.807) is 18.2 Å². The molecule has 0 fully saturated rings. The van der Waals surface area contributed by atoms with E-state index in [1.165, 1.54) is 6.08 Å². The Bertz CT molecular complexity index is 486. The second-order valence-electron chi connectivity index (χ2n) is 3.92. The first-order chi connectivity index (χ1) is 8.50. The molecule has 0 aromatic heterocycles. The fourth-order valence-electron chi connectivity index (χ4n) is 1.26. The van der Waals surface area contributed by atoms with Gasteiger partial charge in [-0.25, -0.2) is 4.79 Å². The van der Waals surface area contributed by atoms with E-state index < -0.39 is 5.97 Å². The Morgan fingerprint density at radius 3 is 2.78 bits per heavy atom. The van der Waals surface area contributed by atoms with Gasteiger partial charge in [0.1, 0.15) is 12.4 Å². The summed E-state index contributed by atoms with van der Waals surface area (Å²) in [7, 11) is 0. The number of benzene rings is 1. The van der Waals surface area contributed by atoms with E-state index in [0.717, 1.165) is 11.6 Å². The number of rotatable bonds is 5. The van der Waals surface area contributed by atoms with Crippen molar-refractivity contribution in [2.24, 2.45) is 0 Å². The summed E-state index contributed by atoms with van der Waals surface area (Å²) < 4.78 is 5.56. The molecule has 1 aromatic carbocycles. The number of hydrogen-bond acceptors (Lipinski definition) is 2. The van der Waals surface area contributed by atoms with Crippen LogP contribution in [-0.2, 0) is 4.79 Å². The predicted octanol–water partition coefficient (Wildman–Crippen LogP) is 3.78. The predicted molar refractivity (Wildman–Crippen MR) is 73.0 cm³/mol. The van der Waals surface area contributed by atoms with Crippen LogP contribution < -0.4 is 4.74 Å². The summed E-state index contributed by atoms with van der Waals surface area (Å²) in [5.74, 6) is -0.456. The zero-order valence-electron chi connectivity index (χ0n) is 10.3. The Balaban J connectivity index is 2.93. The Hall–Kier alpha value is -1.74. The Morgan fingerprint density at radius 2 is 2.17 bits per heavy atom. The highest BCUT2D eigenvalue weighted by atomic mass is 35.5. The van der Waals surface area contributed by atoms with Gasteiger partial charge in [-0.2, -0.15) is 0 Å². The fraction of sp³-hybridized carbons (Fsp3) is 0.214. The van der Waals surface area contributed by atoms with Crippen molar-refractivity contribution in [1.82, 2.24) is 0 Å². The van der Waals surface area contributed by atoms with Gasteiger partial charge in [0, 0.05) is 11.6 Å². The number of ether oxygens (including phenoxy) is 1. The SMILES string of the molecule is CC(C)=CCOc1cccc(Cl)c1/C=C/C(=O)O. The molecule has 3 nitrogen and oxygen atoms in total. The molecule has 4 heteroatoms. The number of carbonyl (C=O) groups is 1. The summed E-state index contributed by atoms with van der Waals surface area (Å²) in [4.78, 5) is 10.5. The third-order valence-corrected chi connectivity index (χ3v) is 2.47. The minimum Gasteiger partial charge on any atom is -0.489 e. The number of halogens is 1. The Labute approximate surface area is 111 Å². The number of carboxylic acids is 1. The molecule has 0 aliphatic heterocycles. The van der Waals surface area contributed by atoms with Gasteiger partial charge in [0.05, 0.1) is 5.02 Å². The van der Waals surface area contributed by atoms with Crippen molar-refractivity contribution in [3.05, 3.63) is 46.5 Å². The lowest BCUT2D eigenvalue weighted by Crippen LogP contribution is -1.97. The second-order valence-corrected chi connectivity index (χ2v) is 4.32. The number of carboxylic acid groups (broad SMARTS) is 1. The van der Waals surface area contributed by atoms with Crippen LogP contribution in [-0.4, -0.2) is 17.7 Å². The Morgan fingerprint density at radius 1 is 1.44 bits per heavy atom. The third kappa shape index (κ3) is 4.63. The van der Waals surface area contributed by atoms with Crippen molar-refractivity contribution in [3.63, 3.8) is 0 Å². The van der Waals surface area contributed by atoms with Gasteiger partial charge in [-0.15, -0.1) is 0 Å². The molecule has 96 valence electrons. The lowest BCUT2D eigenvalue weighted by atomic mass is 10.2. The molecule has 0 atom stereocenters. The molecule has 0 radical (unpaired) electrons. The van der Waals surface area contributed by atoms with E-state index in [-0.39, 0.29) is 0 Å². The summed E-state index contributed by atoms with van der Waals surface area (Å²) in [5, 5.41) is 9.09. The summed E-state index contributed by atoms with van der Waals surface area (Å²) in [5.41, 5.74) is 1.73. The van der Waals surface area contributed by atoms with Crippen LogP contribution >= 0.6 is 11.6 Å². The summed E-state index contributed by atoms with van der Waals surface area (Å²) in [6.45, 7) is 4.38. The van der Waals surface area contributed by atoms with Gasteiger partial charge in [-0.1, -0.05) is 23.2 Å². The molecule has 0 aliphatic carbocycles. The maximum atomic E-state index is 10.5. The van der Waals surface area contributed by atoms with Crippen molar-refractivity contribution in [2.45, 2.75) is 13.8 Å². The molecule has 1 N–H and O–H groups in total. The molecule has 1 aromatic rings. The van der Waals surface area contributed by atoms with Crippen LogP contribution in [0.2, 0.25) is 5.02 Å². The molecule has 0 amide bonds. The molecule has 1 rings (SSSR count). The summed E-state index contributed by atoms with van der Waals surface area (Å²) >= 11 is 6.01. The monoisotopic (exact) mass is 266 g/mol. The molecule has 0 aliphatic rings. The first-order valence-electron chi connectivity index (χ1n) is 5.46. The van der Waals surface area contributed by atoms with Crippen molar-refractivity contribution >= 4 is 23.6 Å². The summed E-state index contributed by atoms with van der Waals surface area (Å²) in [6, 6.07) is 5.21. The van der Waals surface area contributed by atoms with Gasteiger partial charge in [0.15, 0.2) is 0 Å². The molecule has 18 heavy (non-hydrogen) atoms. The van der Waals surface area contributed by atoms with Crippen LogP contribution in [0.1, 0.15) is 19.4 Å². The van der Waals surface area contributed by atoms with Gasteiger partial charge in [0.25, 0.3) is 0 Å². The van der Waals surface area contributed by atoms with Crippen LogP contribution in [0.4, 0.5) is 0 Å². The van der Waals surface area contributed by atoms with E-state index in [2.05, 4.69) is 0 Å². The van der Waals surface area contributed by atoms with Crippen molar-refractivity contribution < 1.29 is 14.6 Å². The van der Waals surface area contributed by atoms with E-state index in [1.807, 2.05) is 19.9 Å². The van der Waals surface area contributed by atoms with Crippen LogP contribution in [0.25, 0.3) is 6.08 Å². The van der Waals surface area contributed by atoms with Gasteiger partial charge < -0.3 is 9.84 Å². The maximum absolute atomic E-state index is 10.5. The Kier molecular flexibility index (Phi) is 5.46. The molecule has 0 saturated carbocycles. The molecular weight excluding hydrogens is 252 g/mol. The van der Waals surface area contributed by atoms with Crippen molar-refractivity contribution in [1.29, 1.82) is 0 Å². The topological polar surface area (TPSA) is 46.5 Å². The smallest absolute Gasteiger partial charge is 0.328 e. The van der Waals surface area contributed by atoms with E-state index in [9.17, 15) is 4.79 Å². The highest BCUT2D eigenvalue weighted by Crippen LogP contribution is 2.27. The highest BCUT2D eigenvalue weighted by molar-refractivity contribution is 6.32. The second kappa shape index (κ2) is 6.87. The van der Waals surface area contributed by atoms with Gasteiger partial charge >= 0.3 is 5.97 Å². The number of hydrogen-bond donors (Lipinski definition) is 1. The molecular formula is C14H15ClO3. The van der Waals surface area contributed by atoms with Crippen LogP contribution in [0, 0.1) is 0 Å². The fourth-order valence-corrected chi connectivity index (χ4v) is 1.49. The quantitative estimate of drug-likeness (QED) is 0.652. The lowest BCUT2D eigenvalue weighted by molar-refractivity contribution is -0.131. The zero-order valence-corrected chi connectivity index (χ0v) is 11.1. The molecule has 0 spiro atoms. The average molecular weight is 267 g/mol. The zero-order chi connectivity index (χ0) is 13.5. The molecule has 0 saturated heterocycles. The first kappa shape index (κ1) is 14.3. The average Bonchev–Trinajstić information content (AvgIpc) is 2.27. The van der Waals surface area contributed by atoms with Gasteiger partial charge in [-0.3, -0.25) is 0 Å². The van der Waals surface area contributed by atoms with E-state index in [0.29, 0.717) is 22.9 Å². The minimum absolute atomic E-state index is 0.427. The normalized spacial score (nSPS) is 10.4. The summed E-state index contributed by atoms with van der Waals surface area (Å²) in [6.07, 6.45) is 4.41. The highest BCUT2D eigenvalue weighted by Gasteiger charge is 2.05. The van der Waals surface area contributed by atoms with Crippen molar-refractivity contribution in [3.8, 4) is 5.75 Å². The van der Waals surface area contributed by atoms with Crippen LogP contribution in [0.3, 0.4) is 0 Å². The number of aliphatic carboxylic acids is 1. The van der Waals surface area contributed by atoms with Crippen LogP contribution in [0.5, 0.6) is 5.75 Å². The molecule has 0 heterocycles. The third-order valence-electron chi connectivity index (χ3n) is 2.14. The van der Waals surface area contributed by atoms with E-state index >= 15 is 0 Å². The van der Waals surface area contributed by atoms with E-state index in [4.69, 9.17) is 21.4 Å². The first-order valence-corrected chi connectivity index (χ1v) is 5.84. The van der Waals surface area contributed by atoms with Gasteiger partial charge in [-0.05, 0) is 38.1 Å². The van der Waals surface area contributed by atoms with Gasteiger partial charge in [0.2, 0.25) is 0 Å². The van der Waals surface area contributed by atoms with Crippen LogP contribution in [0.15, 0.2) is 35.9 Å². The molecule has 0 unspecified atom stereocenters. The minimum atomic E-state index is -1.02. The number of allylic oxidation sites excluding steroid dienone is 1. The van der Waals surface area contributed by atoms with Crippen molar-refractivity contribution in [2.75, 3.05) is 6.61 Å². The molecule has 0 bridgehead atoms. The standard InChI is InChI=1S/C14H15ClO3/c1-10(2)8-9-18-13-5-3-4-12(15)11(13)6-7-14(16)17/h3-8H,9H2,1-2H3,(H,16,17)/b7-6+. The largest absolute Gasteiger partial charge is 0.489 e.